The second kappa shape index (κ2) is 4.60. The van der Waals surface area contributed by atoms with E-state index in [0.29, 0.717) is 5.78 Å². The van der Waals surface area contributed by atoms with Gasteiger partial charge in [-0.2, -0.15) is 0 Å². The molecule has 0 amide bonds. The first-order valence-corrected chi connectivity index (χ1v) is 8.75. The first kappa shape index (κ1) is 12.4. The van der Waals surface area contributed by atoms with Crippen LogP contribution in [0.15, 0.2) is 0 Å². The van der Waals surface area contributed by atoms with Gasteiger partial charge in [0.15, 0.2) is 0 Å². The van der Waals surface area contributed by atoms with Crippen molar-refractivity contribution in [2.45, 2.75) is 64.7 Å². The molecule has 0 spiro atoms. The Morgan fingerprint density at radius 3 is 2.26 bits per heavy atom. The third-order valence-corrected chi connectivity index (χ3v) is 7.44. The molecule has 19 heavy (non-hydrogen) atoms. The fourth-order valence-corrected chi connectivity index (χ4v) is 6.61. The molecule has 0 radical (unpaired) electrons. The first-order chi connectivity index (χ1) is 9.24. The van der Waals surface area contributed by atoms with Crippen molar-refractivity contribution in [3.63, 3.8) is 0 Å². The van der Waals surface area contributed by atoms with E-state index >= 15 is 0 Å². The van der Waals surface area contributed by atoms with E-state index in [2.05, 4.69) is 6.92 Å². The van der Waals surface area contributed by atoms with Crippen LogP contribution in [0.3, 0.4) is 0 Å². The van der Waals surface area contributed by atoms with Crippen LogP contribution in [0.25, 0.3) is 0 Å². The van der Waals surface area contributed by atoms with Gasteiger partial charge >= 0.3 is 0 Å². The fourth-order valence-electron chi connectivity index (χ4n) is 6.61. The quantitative estimate of drug-likeness (QED) is 0.628. The largest absolute Gasteiger partial charge is 0.300 e. The predicted octanol–water partition coefficient (Wildman–Crippen LogP) is 4.45. The Hall–Kier alpha value is -0.330. The highest BCUT2D eigenvalue weighted by atomic mass is 16.1. The summed E-state index contributed by atoms with van der Waals surface area (Å²) in [7, 11) is 0. The van der Waals surface area contributed by atoms with Gasteiger partial charge in [0, 0.05) is 12.8 Å². The normalized spacial score (nSPS) is 53.3. The molecule has 4 rings (SSSR count). The van der Waals surface area contributed by atoms with Crippen molar-refractivity contribution in [1.82, 2.24) is 0 Å². The molecule has 0 N–H and O–H groups in total. The molecule has 0 aromatic rings. The van der Waals surface area contributed by atoms with Gasteiger partial charge in [-0.25, -0.2) is 0 Å². The van der Waals surface area contributed by atoms with E-state index in [9.17, 15) is 4.79 Å². The number of ketones is 1. The van der Waals surface area contributed by atoms with Crippen molar-refractivity contribution in [2.75, 3.05) is 0 Å². The summed E-state index contributed by atoms with van der Waals surface area (Å²) in [6, 6.07) is 0. The van der Waals surface area contributed by atoms with Crippen molar-refractivity contribution < 1.29 is 4.79 Å². The van der Waals surface area contributed by atoms with Gasteiger partial charge in [0.1, 0.15) is 5.78 Å². The number of fused-ring (bicyclic) bond motifs is 5. The lowest BCUT2D eigenvalue weighted by Gasteiger charge is -2.52. The van der Waals surface area contributed by atoms with Crippen LogP contribution in [0.4, 0.5) is 0 Å². The van der Waals surface area contributed by atoms with Crippen LogP contribution in [0.2, 0.25) is 0 Å². The number of hydrogen-bond acceptors (Lipinski definition) is 1. The highest BCUT2D eigenvalue weighted by Gasteiger charge is 2.50. The molecule has 0 heterocycles. The maximum Gasteiger partial charge on any atom is 0.133 e. The van der Waals surface area contributed by atoms with Gasteiger partial charge in [0.2, 0.25) is 0 Å². The van der Waals surface area contributed by atoms with Crippen LogP contribution in [-0.4, -0.2) is 5.78 Å². The van der Waals surface area contributed by atoms with Gasteiger partial charge in [-0.15, -0.1) is 0 Å². The number of rotatable bonds is 0. The van der Waals surface area contributed by atoms with E-state index in [1.165, 1.54) is 44.9 Å². The van der Waals surface area contributed by atoms with Gasteiger partial charge in [-0.1, -0.05) is 13.3 Å². The van der Waals surface area contributed by atoms with Gasteiger partial charge in [-0.3, -0.25) is 4.79 Å². The Morgan fingerprint density at radius 2 is 1.37 bits per heavy atom. The van der Waals surface area contributed by atoms with Crippen LogP contribution in [-0.2, 0) is 4.79 Å². The summed E-state index contributed by atoms with van der Waals surface area (Å²) in [5, 5.41) is 0. The Kier molecular flexibility index (Phi) is 3.01. The summed E-state index contributed by atoms with van der Waals surface area (Å²) < 4.78 is 0. The topological polar surface area (TPSA) is 17.1 Å². The van der Waals surface area contributed by atoms with Gasteiger partial charge in [0.05, 0.1) is 0 Å². The highest BCUT2D eigenvalue weighted by Crippen LogP contribution is 2.58. The number of carbonyl (C=O) groups excluding carboxylic acids is 1. The van der Waals surface area contributed by atoms with Crippen molar-refractivity contribution in [1.29, 1.82) is 0 Å². The summed E-state index contributed by atoms with van der Waals surface area (Å²) >= 11 is 0. The minimum Gasteiger partial charge on any atom is -0.300 e. The third-order valence-electron chi connectivity index (χ3n) is 7.44. The fraction of sp³-hybridized carbons (Fsp3) is 0.944. The molecule has 0 aromatic heterocycles. The monoisotopic (exact) mass is 260 g/mol. The third kappa shape index (κ3) is 1.91. The minimum atomic E-state index is 0.558. The highest BCUT2D eigenvalue weighted by molar-refractivity contribution is 5.79. The van der Waals surface area contributed by atoms with E-state index in [1.54, 1.807) is 0 Å². The maximum atomic E-state index is 11.7. The lowest BCUT2D eigenvalue weighted by Crippen LogP contribution is -2.45. The van der Waals surface area contributed by atoms with E-state index in [0.717, 1.165) is 54.3 Å². The minimum absolute atomic E-state index is 0.558. The zero-order valence-corrected chi connectivity index (χ0v) is 12.3. The molecule has 4 saturated carbocycles. The summed E-state index contributed by atoms with van der Waals surface area (Å²) in [4.78, 5) is 11.7. The molecule has 1 nitrogen and oxygen atoms in total. The standard InChI is InChI=1S/C18H28O/c1-11-2-5-16-14(11)8-9-17-15-7-4-13(19)10-12(15)3-6-18(16)17/h11-12,14-18H,2-10H2,1H3/t11?,12?,14?,15?,16-,17-,18?/m1/s1. The molecule has 5 unspecified atom stereocenters. The van der Waals surface area contributed by atoms with Crippen LogP contribution < -0.4 is 0 Å². The summed E-state index contributed by atoms with van der Waals surface area (Å²) in [6.07, 6.45) is 11.9. The second-order valence-corrected chi connectivity index (χ2v) is 8.07. The predicted molar refractivity (Wildman–Crippen MR) is 76.7 cm³/mol. The van der Waals surface area contributed by atoms with E-state index in [-0.39, 0.29) is 0 Å². The Labute approximate surface area is 117 Å². The average molecular weight is 260 g/mol. The number of carbonyl (C=O) groups is 1. The molecule has 7 atom stereocenters. The number of Topliss-reactive ketones (excluding diaryl/α,β-unsaturated/α-hetero) is 1. The lowest BCUT2D eigenvalue weighted by molar-refractivity contribution is -0.126. The first-order valence-electron chi connectivity index (χ1n) is 8.75. The molecule has 0 aliphatic heterocycles. The Morgan fingerprint density at radius 1 is 0.737 bits per heavy atom. The van der Waals surface area contributed by atoms with Crippen molar-refractivity contribution in [3.05, 3.63) is 0 Å². The van der Waals surface area contributed by atoms with E-state index in [1.807, 2.05) is 0 Å². The van der Waals surface area contributed by atoms with Crippen molar-refractivity contribution in [3.8, 4) is 0 Å². The lowest BCUT2D eigenvalue weighted by atomic mass is 9.53. The van der Waals surface area contributed by atoms with Gasteiger partial charge in [0.25, 0.3) is 0 Å². The molecule has 0 saturated heterocycles. The van der Waals surface area contributed by atoms with Crippen LogP contribution in [0.5, 0.6) is 0 Å². The molecule has 0 bridgehead atoms. The van der Waals surface area contributed by atoms with Crippen LogP contribution >= 0.6 is 0 Å². The second-order valence-electron chi connectivity index (χ2n) is 8.07. The van der Waals surface area contributed by atoms with Crippen molar-refractivity contribution in [2.24, 2.45) is 41.4 Å². The molecule has 1 heteroatoms. The van der Waals surface area contributed by atoms with Gasteiger partial charge in [-0.05, 0) is 80.0 Å². The summed E-state index contributed by atoms with van der Waals surface area (Å²) in [5.74, 6) is 7.41. The summed E-state index contributed by atoms with van der Waals surface area (Å²) in [6.45, 7) is 2.50. The molecule has 106 valence electrons. The number of hydrogen-bond donors (Lipinski definition) is 0. The molecule has 4 fully saturated rings. The summed E-state index contributed by atoms with van der Waals surface area (Å²) in [5.41, 5.74) is 0. The molecule has 4 aliphatic carbocycles. The van der Waals surface area contributed by atoms with Crippen molar-refractivity contribution >= 4 is 5.78 Å². The Balaban J connectivity index is 1.54. The van der Waals surface area contributed by atoms with Crippen LogP contribution in [0.1, 0.15) is 64.7 Å². The SMILES string of the molecule is CC1CC[C@@H]2C1CC[C@@H]1C3CCC(=O)CC3CCC21. The average Bonchev–Trinajstić information content (AvgIpc) is 2.80. The molecular weight excluding hydrogens is 232 g/mol. The molecule has 0 aromatic carbocycles. The Bertz CT molecular complexity index is 374. The maximum absolute atomic E-state index is 11.7. The smallest absolute Gasteiger partial charge is 0.133 e. The zero-order valence-electron chi connectivity index (χ0n) is 12.3. The van der Waals surface area contributed by atoms with Gasteiger partial charge < -0.3 is 0 Å². The van der Waals surface area contributed by atoms with E-state index in [4.69, 9.17) is 0 Å². The van der Waals surface area contributed by atoms with E-state index < -0.39 is 0 Å². The molecular formula is C18H28O. The zero-order chi connectivity index (χ0) is 13.0. The van der Waals surface area contributed by atoms with Crippen LogP contribution in [0, 0.1) is 41.4 Å². The molecule has 4 aliphatic rings.